The fraction of sp³-hybridized carbons (Fsp3) is 0. The quantitative estimate of drug-likeness (QED) is 0.661. The molecule has 0 N–H and O–H groups in total. The van der Waals surface area contributed by atoms with Crippen molar-refractivity contribution in [2.45, 2.75) is 0 Å². The second-order valence-corrected chi connectivity index (χ2v) is 4.75. The van der Waals surface area contributed by atoms with Gasteiger partial charge in [-0.2, -0.15) is 0 Å². The lowest BCUT2D eigenvalue weighted by Crippen LogP contribution is -1.87. The van der Waals surface area contributed by atoms with Crippen LogP contribution in [-0.4, -0.2) is 9.38 Å². The van der Waals surface area contributed by atoms with Gasteiger partial charge in [-0.05, 0) is 44.6 Å². The zero-order chi connectivity index (χ0) is 8.72. The number of rotatable bonds is 0. The molecule has 0 unspecified atom stereocenters. The Morgan fingerprint density at radius 3 is 3.08 bits per heavy atom. The van der Waals surface area contributed by atoms with Crippen molar-refractivity contribution in [2.75, 3.05) is 0 Å². The van der Waals surface area contributed by atoms with Gasteiger partial charge in [-0.25, -0.2) is 4.98 Å². The minimum Gasteiger partial charge on any atom is -0.289 e. The lowest BCUT2D eigenvalue weighted by molar-refractivity contribution is 1.16. The van der Waals surface area contributed by atoms with Gasteiger partial charge in [0.2, 0.25) is 0 Å². The van der Waals surface area contributed by atoms with Crippen molar-refractivity contribution in [2.24, 2.45) is 0 Å². The molecule has 2 heterocycles. The van der Waals surface area contributed by atoms with Crippen LogP contribution < -0.4 is 0 Å². The van der Waals surface area contributed by atoms with Crippen molar-refractivity contribution in [1.29, 1.82) is 0 Å². The molecule has 0 saturated carbocycles. The molecule has 0 aromatic carbocycles. The molecule has 0 fully saturated rings. The van der Waals surface area contributed by atoms with Crippen LogP contribution in [0.1, 0.15) is 0 Å². The van der Waals surface area contributed by atoms with Gasteiger partial charge in [-0.1, -0.05) is 11.6 Å². The van der Waals surface area contributed by atoms with Crippen molar-refractivity contribution in [1.82, 2.24) is 9.38 Å². The molecular formula is C7H3BrClIN2. The van der Waals surface area contributed by atoms with Gasteiger partial charge in [0.1, 0.15) is 5.15 Å². The zero-order valence-electron chi connectivity index (χ0n) is 5.76. The molecular weight excluding hydrogens is 354 g/mol. The Bertz CT molecular complexity index is 440. The van der Waals surface area contributed by atoms with Crippen LogP contribution in [0.3, 0.4) is 0 Å². The van der Waals surface area contributed by atoms with E-state index in [9.17, 15) is 0 Å². The van der Waals surface area contributed by atoms with E-state index in [0.717, 1.165) is 13.7 Å². The number of aromatic nitrogens is 2. The van der Waals surface area contributed by atoms with Crippen LogP contribution in [0.5, 0.6) is 0 Å². The Hall–Kier alpha value is 0.190. The second kappa shape index (κ2) is 3.16. The molecule has 2 rings (SSSR count). The van der Waals surface area contributed by atoms with Gasteiger partial charge in [-0.3, -0.25) is 4.40 Å². The van der Waals surface area contributed by atoms with Gasteiger partial charge in [0.25, 0.3) is 0 Å². The average Bonchev–Trinajstić information content (AvgIpc) is 2.33. The summed E-state index contributed by atoms with van der Waals surface area (Å²) in [5.74, 6) is 0. The molecule has 0 bridgehead atoms. The molecule has 0 atom stereocenters. The summed E-state index contributed by atoms with van der Waals surface area (Å²) >= 11 is 11.5. The number of pyridine rings is 1. The molecule has 0 radical (unpaired) electrons. The maximum atomic E-state index is 5.89. The molecule has 2 nitrogen and oxygen atoms in total. The Labute approximate surface area is 96.2 Å². The Balaban J connectivity index is 2.92. The number of fused-ring (bicyclic) bond motifs is 1. The van der Waals surface area contributed by atoms with Crippen molar-refractivity contribution in [3.05, 3.63) is 31.7 Å². The largest absolute Gasteiger partial charge is 0.289 e. The Morgan fingerprint density at radius 2 is 2.33 bits per heavy atom. The first kappa shape index (κ1) is 8.77. The van der Waals surface area contributed by atoms with Crippen LogP contribution in [-0.2, 0) is 0 Å². The number of hydrogen-bond acceptors (Lipinski definition) is 1. The first-order valence-corrected chi connectivity index (χ1v) is 5.41. The van der Waals surface area contributed by atoms with Gasteiger partial charge in [0.15, 0.2) is 5.65 Å². The number of imidazole rings is 1. The third kappa shape index (κ3) is 1.36. The van der Waals surface area contributed by atoms with E-state index in [4.69, 9.17) is 11.6 Å². The highest BCUT2D eigenvalue weighted by molar-refractivity contribution is 14.1. The van der Waals surface area contributed by atoms with Crippen LogP contribution in [0.15, 0.2) is 22.9 Å². The van der Waals surface area contributed by atoms with E-state index in [2.05, 4.69) is 43.5 Å². The van der Waals surface area contributed by atoms with E-state index >= 15 is 0 Å². The third-order valence-corrected chi connectivity index (χ3v) is 2.99. The highest BCUT2D eigenvalue weighted by Gasteiger charge is 2.04. The van der Waals surface area contributed by atoms with Crippen LogP contribution in [0.4, 0.5) is 0 Å². The summed E-state index contributed by atoms with van der Waals surface area (Å²) < 4.78 is 3.92. The number of nitrogens with zero attached hydrogens (tertiary/aromatic N) is 2. The van der Waals surface area contributed by atoms with E-state index in [1.54, 1.807) is 6.20 Å². The number of hydrogen-bond donors (Lipinski definition) is 0. The fourth-order valence-corrected chi connectivity index (χ4v) is 2.76. The van der Waals surface area contributed by atoms with Gasteiger partial charge in [0.05, 0.1) is 9.77 Å². The van der Waals surface area contributed by atoms with Crippen molar-refractivity contribution < 1.29 is 0 Å². The average molecular weight is 357 g/mol. The summed E-state index contributed by atoms with van der Waals surface area (Å²) in [6.45, 7) is 0. The highest BCUT2D eigenvalue weighted by atomic mass is 127. The number of halogens is 3. The van der Waals surface area contributed by atoms with E-state index in [-0.39, 0.29) is 0 Å². The fourth-order valence-electron chi connectivity index (χ4n) is 0.986. The molecule has 0 aliphatic heterocycles. The normalized spacial score (nSPS) is 10.9. The molecule has 62 valence electrons. The monoisotopic (exact) mass is 356 g/mol. The predicted octanol–water partition coefficient (Wildman–Crippen LogP) is 3.35. The predicted molar refractivity (Wildman–Crippen MR) is 60.6 cm³/mol. The van der Waals surface area contributed by atoms with Crippen molar-refractivity contribution in [3.63, 3.8) is 0 Å². The van der Waals surface area contributed by atoms with Crippen LogP contribution in [0.25, 0.3) is 5.65 Å². The van der Waals surface area contributed by atoms with E-state index < -0.39 is 0 Å². The SMILES string of the molecule is Clc1cnc2c(I)cc(Br)cn12. The van der Waals surface area contributed by atoms with Crippen LogP contribution in [0, 0.1) is 3.57 Å². The Kier molecular flexibility index (Phi) is 2.31. The minimum absolute atomic E-state index is 0.629. The summed E-state index contributed by atoms with van der Waals surface area (Å²) in [4.78, 5) is 4.16. The lowest BCUT2D eigenvalue weighted by atomic mass is 10.5. The summed E-state index contributed by atoms with van der Waals surface area (Å²) in [5, 5.41) is 0.629. The van der Waals surface area contributed by atoms with Gasteiger partial charge < -0.3 is 0 Å². The molecule has 0 aliphatic carbocycles. The van der Waals surface area contributed by atoms with Crippen molar-refractivity contribution >= 4 is 55.8 Å². The summed E-state index contributed by atoms with van der Waals surface area (Å²) in [6.07, 6.45) is 3.54. The molecule has 0 spiro atoms. The van der Waals surface area contributed by atoms with Crippen molar-refractivity contribution in [3.8, 4) is 0 Å². The zero-order valence-corrected chi connectivity index (χ0v) is 10.3. The molecule has 5 heteroatoms. The maximum Gasteiger partial charge on any atom is 0.151 e. The molecule has 0 amide bonds. The van der Waals surface area contributed by atoms with E-state index in [1.165, 1.54) is 0 Å². The smallest absolute Gasteiger partial charge is 0.151 e. The van der Waals surface area contributed by atoms with Gasteiger partial charge >= 0.3 is 0 Å². The third-order valence-electron chi connectivity index (χ3n) is 1.48. The van der Waals surface area contributed by atoms with Crippen LogP contribution >= 0.6 is 50.1 Å². The molecule has 2 aromatic rings. The van der Waals surface area contributed by atoms with Gasteiger partial charge in [0, 0.05) is 10.7 Å². The first-order valence-electron chi connectivity index (χ1n) is 3.16. The molecule has 0 saturated heterocycles. The summed E-state index contributed by atoms with van der Waals surface area (Å²) in [7, 11) is 0. The van der Waals surface area contributed by atoms with E-state index in [1.807, 2.05) is 16.7 Å². The highest BCUT2D eigenvalue weighted by Crippen LogP contribution is 2.21. The van der Waals surface area contributed by atoms with Crippen LogP contribution in [0.2, 0.25) is 5.15 Å². The topological polar surface area (TPSA) is 17.3 Å². The standard InChI is InChI=1S/C7H3BrClIN2/c8-4-1-5(10)7-11-2-6(9)12(7)3-4/h1-3H. The molecule has 0 aliphatic rings. The minimum atomic E-state index is 0.629. The summed E-state index contributed by atoms with van der Waals surface area (Å²) in [6, 6.07) is 2.00. The summed E-state index contributed by atoms with van der Waals surface area (Å²) in [5.41, 5.74) is 0.892. The van der Waals surface area contributed by atoms with Gasteiger partial charge in [-0.15, -0.1) is 0 Å². The van der Waals surface area contributed by atoms with E-state index in [0.29, 0.717) is 5.15 Å². The maximum absolute atomic E-state index is 5.89. The molecule has 12 heavy (non-hydrogen) atoms. The lowest BCUT2D eigenvalue weighted by Gasteiger charge is -1.98. The molecule has 2 aromatic heterocycles. The first-order chi connectivity index (χ1) is 5.68. The Morgan fingerprint density at radius 1 is 1.58 bits per heavy atom. The second-order valence-electron chi connectivity index (χ2n) is 2.28.